The molecule has 1 aliphatic rings. The van der Waals surface area contributed by atoms with E-state index in [1.165, 1.54) is 5.56 Å². The number of anilines is 1. The molecule has 3 rings (SSSR count). The van der Waals surface area contributed by atoms with Crippen molar-refractivity contribution >= 4 is 23.4 Å². The third-order valence-electron chi connectivity index (χ3n) is 4.72. The molecule has 1 aliphatic heterocycles. The minimum absolute atomic E-state index is 0.00481. The number of hydrogen-bond donors (Lipinski definition) is 2. The minimum atomic E-state index is -0.378. The average molecular weight is 365 g/mol. The molecule has 0 unspecified atom stereocenters. The Morgan fingerprint density at radius 3 is 2.63 bits per heavy atom. The number of hydrogen-bond acceptors (Lipinski definition) is 3. The molecule has 2 aromatic rings. The van der Waals surface area contributed by atoms with E-state index in [1.54, 1.807) is 36.2 Å². The highest BCUT2D eigenvalue weighted by Crippen LogP contribution is 2.21. The molecule has 6 nitrogen and oxygen atoms in total. The van der Waals surface area contributed by atoms with Crippen molar-refractivity contribution in [3.8, 4) is 0 Å². The molecule has 2 aromatic carbocycles. The van der Waals surface area contributed by atoms with E-state index in [2.05, 4.69) is 10.6 Å². The van der Waals surface area contributed by atoms with Crippen molar-refractivity contribution < 1.29 is 14.4 Å². The van der Waals surface area contributed by atoms with Crippen LogP contribution in [0.1, 0.15) is 22.3 Å². The molecule has 0 spiro atoms. The molecule has 1 atom stereocenters. The van der Waals surface area contributed by atoms with Crippen molar-refractivity contribution in [2.75, 3.05) is 25.5 Å². The van der Waals surface area contributed by atoms with Gasteiger partial charge in [0.1, 0.15) is 0 Å². The molecule has 140 valence electrons. The smallest absolute Gasteiger partial charge is 0.251 e. The van der Waals surface area contributed by atoms with Gasteiger partial charge in [-0.25, -0.2) is 0 Å². The van der Waals surface area contributed by atoms with E-state index < -0.39 is 0 Å². The largest absolute Gasteiger partial charge is 0.355 e. The van der Waals surface area contributed by atoms with E-state index in [0.29, 0.717) is 24.3 Å². The third kappa shape index (κ3) is 4.73. The second-order valence-electron chi connectivity index (χ2n) is 6.63. The summed E-state index contributed by atoms with van der Waals surface area (Å²) >= 11 is 0. The summed E-state index contributed by atoms with van der Waals surface area (Å²) in [5.74, 6) is -0.782. The van der Waals surface area contributed by atoms with Crippen LogP contribution in [0.4, 0.5) is 5.69 Å². The Labute approximate surface area is 158 Å². The number of rotatable bonds is 6. The summed E-state index contributed by atoms with van der Waals surface area (Å²) in [6.07, 6.45) is 0.991. The normalized spacial score (nSPS) is 16.3. The fourth-order valence-corrected chi connectivity index (χ4v) is 3.20. The van der Waals surface area contributed by atoms with Gasteiger partial charge in [-0.1, -0.05) is 36.4 Å². The lowest BCUT2D eigenvalue weighted by atomic mass is 10.1. The summed E-state index contributed by atoms with van der Waals surface area (Å²) in [5.41, 5.74) is 2.20. The molecule has 3 amide bonds. The van der Waals surface area contributed by atoms with E-state index >= 15 is 0 Å². The zero-order valence-electron chi connectivity index (χ0n) is 15.3. The van der Waals surface area contributed by atoms with Gasteiger partial charge >= 0.3 is 0 Å². The van der Waals surface area contributed by atoms with Crippen molar-refractivity contribution in [1.82, 2.24) is 10.2 Å². The second-order valence-corrected chi connectivity index (χ2v) is 6.63. The number of benzene rings is 2. The van der Waals surface area contributed by atoms with Crippen molar-refractivity contribution in [2.24, 2.45) is 5.92 Å². The maximum absolute atomic E-state index is 12.5. The van der Waals surface area contributed by atoms with Crippen LogP contribution in [-0.2, 0) is 16.0 Å². The van der Waals surface area contributed by atoms with Crippen LogP contribution in [0.2, 0.25) is 0 Å². The minimum Gasteiger partial charge on any atom is -0.355 e. The van der Waals surface area contributed by atoms with Gasteiger partial charge in [0.15, 0.2) is 0 Å². The summed E-state index contributed by atoms with van der Waals surface area (Å²) in [7, 11) is 1.56. The Hall–Kier alpha value is -3.15. The van der Waals surface area contributed by atoms with Crippen LogP contribution in [0.5, 0.6) is 0 Å². The van der Waals surface area contributed by atoms with Gasteiger partial charge in [0.05, 0.1) is 5.92 Å². The van der Waals surface area contributed by atoms with E-state index in [-0.39, 0.29) is 30.1 Å². The van der Waals surface area contributed by atoms with Gasteiger partial charge in [0.25, 0.3) is 5.91 Å². The van der Waals surface area contributed by atoms with Crippen LogP contribution in [0, 0.1) is 5.92 Å². The number of likely N-dealkylation sites (tertiary alicyclic amines) is 1. The van der Waals surface area contributed by atoms with Crippen molar-refractivity contribution in [3.05, 3.63) is 65.7 Å². The zero-order chi connectivity index (χ0) is 19.2. The van der Waals surface area contributed by atoms with Crippen LogP contribution >= 0.6 is 0 Å². The first-order valence-corrected chi connectivity index (χ1v) is 9.01. The Balaban J connectivity index is 1.56. The molecule has 1 fully saturated rings. The molecule has 1 saturated heterocycles. The molecule has 2 N–H and O–H groups in total. The lowest BCUT2D eigenvalue weighted by Gasteiger charge is -2.16. The highest BCUT2D eigenvalue weighted by molar-refractivity contribution is 5.99. The maximum atomic E-state index is 12.5. The maximum Gasteiger partial charge on any atom is 0.251 e. The van der Waals surface area contributed by atoms with Crippen molar-refractivity contribution in [2.45, 2.75) is 12.8 Å². The van der Waals surface area contributed by atoms with Gasteiger partial charge in [-0.15, -0.1) is 0 Å². The quantitative estimate of drug-likeness (QED) is 0.823. The van der Waals surface area contributed by atoms with Gasteiger partial charge in [-0.05, 0) is 30.2 Å². The van der Waals surface area contributed by atoms with E-state index in [0.717, 1.165) is 6.42 Å². The summed E-state index contributed by atoms with van der Waals surface area (Å²) in [6, 6.07) is 16.7. The first-order valence-electron chi connectivity index (χ1n) is 9.01. The number of carbonyl (C=O) groups is 3. The lowest BCUT2D eigenvalue weighted by molar-refractivity contribution is -0.128. The van der Waals surface area contributed by atoms with Crippen molar-refractivity contribution in [3.63, 3.8) is 0 Å². The van der Waals surface area contributed by atoms with Crippen LogP contribution in [-0.4, -0.2) is 42.8 Å². The molecule has 0 bridgehead atoms. The van der Waals surface area contributed by atoms with Crippen LogP contribution in [0.3, 0.4) is 0 Å². The Morgan fingerprint density at radius 2 is 1.89 bits per heavy atom. The van der Waals surface area contributed by atoms with Crippen LogP contribution in [0.25, 0.3) is 0 Å². The Kier molecular flexibility index (Phi) is 5.86. The molecule has 6 heteroatoms. The monoisotopic (exact) mass is 365 g/mol. The fraction of sp³-hybridized carbons (Fsp3) is 0.286. The van der Waals surface area contributed by atoms with Gasteiger partial charge in [0.2, 0.25) is 11.8 Å². The lowest BCUT2D eigenvalue weighted by Crippen LogP contribution is -2.30. The molecule has 0 aromatic heterocycles. The predicted octanol–water partition coefficient (Wildman–Crippen LogP) is 2.08. The topological polar surface area (TPSA) is 78.5 Å². The van der Waals surface area contributed by atoms with Gasteiger partial charge in [-0.2, -0.15) is 0 Å². The number of nitrogens with one attached hydrogen (secondary N) is 2. The molecule has 0 radical (unpaired) electrons. The van der Waals surface area contributed by atoms with Gasteiger partial charge in [-0.3, -0.25) is 14.4 Å². The molecule has 27 heavy (non-hydrogen) atoms. The Bertz CT molecular complexity index is 836. The molecule has 0 saturated carbocycles. The summed E-state index contributed by atoms with van der Waals surface area (Å²) in [4.78, 5) is 38.2. The molecule has 0 aliphatic carbocycles. The van der Waals surface area contributed by atoms with E-state index in [1.807, 2.05) is 30.3 Å². The van der Waals surface area contributed by atoms with Crippen LogP contribution < -0.4 is 10.6 Å². The van der Waals surface area contributed by atoms with Crippen molar-refractivity contribution in [1.29, 1.82) is 0 Å². The van der Waals surface area contributed by atoms with Gasteiger partial charge in [0, 0.05) is 37.8 Å². The number of amides is 3. The molecule has 1 heterocycles. The highest BCUT2D eigenvalue weighted by Gasteiger charge is 2.34. The number of carbonyl (C=O) groups excluding carboxylic acids is 3. The SMILES string of the molecule is CNC(=O)c1cccc(NC(=O)[C@H]2CC(=O)N(CCc3ccccc3)C2)c1. The predicted molar refractivity (Wildman–Crippen MR) is 103 cm³/mol. The summed E-state index contributed by atoms with van der Waals surface area (Å²) in [5, 5.41) is 5.37. The van der Waals surface area contributed by atoms with E-state index in [4.69, 9.17) is 0 Å². The third-order valence-corrected chi connectivity index (χ3v) is 4.72. The summed E-state index contributed by atoms with van der Waals surface area (Å²) in [6.45, 7) is 1.03. The Morgan fingerprint density at radius 1 is 1.11 bits per heavy atom. The fourth-order valence-electron chi connectivity index (χ4n) is 3.20. The second kappa shape index (κ2) is 8.49. The van der Waals surface area contributed by atoms with E-state index in [9.17, 15) is 14.4 Å². The van der Waals surface area contributed by atoms with Crippen LogP contribution in [0.15, 0.2) is 54.6 Å². The average Bonchev–Trinajstić information content (AvgIpc) is 3.07. The first-order chi connectivity index (χ1) is 13.1. The van der Waals surface area contributed by atoms with Gasteiger partial charge < -0.3 is 15.5 Å². The standard InChI is InChI=1S/C21H23N3O3/c1-22-20(26)16-8-5-9-18(12-16)23-21(27)17-13-19(25)24(14-17)11-10-15-6-3-2-4-7-15/h2-9,12,17H,10-11,13-14H2,1H3,(H,22,26)(H,23,27)/t17-/m0/s1. The highest BCUT2D eigenvalue weighted by atomic mass is 16.2. The first kappa shape index (κ1) is 18.6. The number of nitrogens with zero attached hydrogens (tertiary/aromatic N) is 1. The zero-order valence-corrected chi connectivity index (χ0v) is 15.3. The molecular formula is C21H23N3O3. The summed E-state index contributed by atoms with van der Waals surface area (Å²) < 4.78 is 0. The molecular weight excluding hydrogens is 342 g/mol.